The van der Waals surface area contributed by atoms with E-state index in [-0.39, 0.29) is 0 Å². The smallest absolute Gasteiger partial charge is 0.0872 e. The van der Waals surface area contributed by atoms with Gasteiger partial charge in [-0.3, -0.25) is 4.90 Å². The van der Waals surface area contributed by atoms with Gasteiger partial charge < -0.3 is 10.0 Å². The molecule has 2 aromatic rings. The third-order valence-electron chi connectivity index (χ3n) is 6.66. The fourth-order valence-corrected chi connectivity index (χ4v) is 5.64. The average molecular weight is 431 g/mol. The summed E-state index contributed by atoms with van der Waals surface area (Å²) in [6.07, 6.45) is 2.61. The molecular weight excluding hydrogens is 403 g/mol. The SMILES string of the molecule is Cc1cc(C2CN(c3c(Cl)cccc3Cl)C2)cc(C2CC2)c1CN1CC(C)(O)C1. The van der Waals surface area contributed by atoms with Gasteiger partial charge >= 0.3 is 0 Å². The highest BCUT2D eigenvalue weighted by atomic mass is 35.5. The molecule has 3 aliphatic rings. The summed E-state index contributed by atoms with van der Waals surface area (Å²) < 4.78 is 0. The molecule has 0 unspecified atom stereocenters. The number of hydrogen-bond acceptors (Lipinski definition) is 3. The topological polar surface area (TPSA) is 26.7 Å². The molecule has 29 heavy (non-hydrogen) atoms. The second-order valence-electron chi connectivity index (χ2n) is 9.49. The Morgan fingerprint density at radius 3 is 2.31 bits per heavy atom. The molecular formula is C24H28Cl2N2O. The summed E-state index contributed by atoms with van der Waals surface area (Å²) in [4.78, 5) is 4.65. The van der Waals surface area contributed by atoms with Crippen LogP contribution in [0.25, 0.3) is 0 Å². The van der Waals surface area contributed by atoms with Crippen LogP contribution in [0.3, 0.4) is 0 Å². The number of β-amino-alcohol motifs (C(OH)–C–C–N with tert-alkyl or cyclic N) is 1. The van der Waals surface area contributed by atoms with E-state index in [0.29, 0.717) is 5.92 Å². The molecule has 2 saturated heterocycles. The number of anilines is 1. The van der Waals surface area contributed by atoms with Crippen LogP contribution in [-0.4, -0.2) is 41.8 Å². The Morgan fingerprint density at radius 2 is 1.72 bits per heavy atom. The van der Waals surface area contributed by atoms with E-state index in [4.69, 9.17) is 23.2 Å². The normalized spacial score (nSPS) is 21.8. The Hall–Kier alpha value is -1.26. The highest BCUT2D eigenvalue weighted by Crippen LogP contribution is 2.46. The van der Waals surface area contributed by atoms with E-state index in [9.17, 15) is 5.11 Å². The number of aryl methyl sites for hydroxylation is 1. The fraction of sp³-hybridized carbons (Fsp3) is 0.500. The molecule has 0 radical (unpaired) electrons. The molecule has 2 heterocycles. The van der Waals surface area contributed by atoms with Gasteiger partial charge in [0.25, 0.3) is 0 Å². The fourth-order valence-electron chi connectivity index (χ4n) is 5.00. The molecule has 0 aromatic heterocycles. The first-order valence-corrected chi connectivity index (χ1v) is 11.3. The highest BCUT2D eigenvalue weighted by molar-refractivity contribution is 6.39. The van der Waals surface area contributed by atoms with Crippen molar-refractivity contribution < 1.29 is 5.11 Å². The van der Waals surface area contributed by atoms with Crippen molar-refractivity contribution in [3.8, 4) is 0 Å². The minimum absolute atomic E-state index is 0.511. The molecule has 0 spiro atoms. The molecule has 2 aromatic carbocycles. The molecule has 1 aliphatic carbocycles. The third kappa shape index (κ3) is 3.79. The lowest BCUT2D eigenvalue weighted by Crippen LogP contribution is -2.59. The number of halogens is 2. The first-order valence-electron chi connectivity index (χ1n) is 10.6. The number of hydrogen-bond donors (Lipinski definition) is 1. The summed E-state index contributed by atoms with van der Waals surface area (Å²) in [5.74, 6) is 1.25. The van der Waals surface area contributed by atoms with Crippen molar-refractivity contribution >= 4 is 28.9 Å². The van der Waals surface area contributed by atoms with E-state index in [2.05, 4.69) is 28.9 Å². The van der Waals surface area contributed by atoms with Crippen molar-refractivity contribution in [2.24, 2.45) is 0 Å². The van der Waals surface area contributed by atoms with Gasteiger partial charge in [0.05, 0.1) is 21.3 Å². The molecule has 1 saturated carbocycles. The van der Waals surface area contributed by atoms with Gasteiger partial charge in [-0.1, -0.05) is 41.4 Å². The predicted octanol–water partition coefficient (Wildman–Crippen LogP) is 5.35. The van der Waals surface area contributed by atoms with Crippen LogP contribution < -0.4 is 4.90 Å². The van der Waals surface area contributed by atoms with Crippen LogP contribution in [-0.2, 0) is 6.54 Å². The molecule has 0 amide bonds. The summed E-state index contributed by atoms with van der Waals surface area (Å²) in [5.41, 5.74) is 6.32. The molecule has 3 fully saturated rings. The number of aliphatic hydroxyl groups is 1. The zero-order chi connectivity index (χ0) is 20.3. The molecule has 154 valence electrons. The van der Waals surface area contributed by atoms with E-state index in [0.717, 1.165) is 54.4 Å². The third-order valence-corrected chi connectivity index (χ3v) is 7.27. The summed E-state index contributed by atoms with van der Waals surface area (Å²) >= 11 is 12.8. The van der Waals surface area contributed by atoms with E-state index in [1.54, 1.807) is 5.56 Å². The van der Waals surface area contributed by atoms with Gasteiger partial charge in [0, 0.05) is 38.6 Å². The maximum absolute atomic E-state index is 10.1. The average Bonchev–Trinajstić information content (AvgIpc) is 3.41. The molecule has 5 heteroatoms. The zero-order valence-electron chi connectivity index (χ0n) is 17.1. The maximum Gasteiger partial charge on any atom is 0.0872 e. The summed E-state index contributed by atoms with van der Waals surface area (Å²) in [5, 5.41) is 11.5. The number of nitrogens with zero attached hydrogens (tertiary/aromatic N) is 2. The summed E-state index contributed by atoms with van der Waals surface area (Å²) in [6.45, 7) is 8.60. The molecule has 1 N–H and O–H groups in total. The second-order valence-corrected chi connectivity index (χ2v) is 10.3. The number of rotatable bonds is 5. The number of para-hydroxylation sites is 1. The van der Waals surface area contributed by atoms with Crippen LogP contribution in [0, 0.1) is 6.92 Å². The highest BCUT2D eigenvalue weighted by Gasteiger charge is 2.38. The van der Waals surface area contributed by atoms with Crippen LogP contribution in [0.1, 0.15) is 53.9 Å². The van der Waals surface area contributed by atoms with Gasteiger partial charge in [-0.2, -0.15) is 0 Å². The van der Waals surface area contributed by atoms with E-state index >= 15 is 0 Å². The first-order chi connectivity index (χ1) is 13.8. The van der Waals surface area contributed by atoms with Gasteiger partial charge in [0.1, 0.15) is 0 Å². The Labute approximate surface area is 183 Å². The Morgan fingerprint density at radius 1 is 1.07 bits per heavy atom. The maximum atomic E-state index is 10.1. The monoisotopic (exact) mass is 430 g/mol. The lowest BCUT2D eigenvalue weighted by Gasteiger charge is -2.45. The molecule has 2 aliphatic heterocycles. The molecule has 5 rings (SSSR count). The lowest BCUT2D eigenvalue weighted by atomic mass is 9.85. The number of benzene rings is 2. The van der Waals surface area contributed by atoms with Crippen LogP contribution in [0.4, 0.5) is 5.69 Å². The minimum atomic E-state index is -0.511. The van der Waals surface area contributed by atoms with Crippen molar-refractivity contribution in [1.29, 1.82) is 0 Å². The Bertz CT molecular complexity index is 920. The van der Waals surface area contributed by atoms with E-state index < -0.39 is 5.60 Å². The van der Waals surface area contributed by atoms with Crippen molar-refractivity contribution in [3.63, 3.8) is 0 Å². The van der Waals surface area contributed by atoms with Gasteiger partial charge in [0.15, 0.2) is 0 Å². The van der Waals surface area contributed by atoms with Gasteiger partial charge in [-0.05, 0) is 67.0 Å². The van der Waals surface area contributed by atoms with Crippen molar-refractivity contribution in [2.45, 2.75) is 50.7 Å². The summed E-state index contributed by atoms with van der Waals surface area (Å²) in [7, 11) is 0. The van der Waals surface area contributed by atoms with Crippen LogP contribution in [0.15, 0.2) is 30.3 Å². The van der Waals surface area contributed by atoms with Gasteiger partial charge in [0.2, 0.25) is 0 Å². The van der Waals surface area contributed by atoms with Crippen LogP contribution in [0.5, 0.6) is 0 Å². The molecule has 3 nitrogen and oxygen atoms in total. The largest absolute Gasteiger partial charge is 0.388 e. The van der Waals surface area contributed by atoms with Gasteiger partial charge in [-0.25, -0.2) is 0 Å². The van der Waals surface area contributed by atoms with Crippen molar-refractivity contribution in [3.05, 3.63) is 62.6 Å². The molecule has 0 bridgehead atoms. The van der Waals surface area contributed by atoms with Crippen molar-refractivity contribution in [1.82, 2.24) is 4.90 Å². The van der Waals surface area contributed by atoms with E-state index in [1.165, 1.54) is 29.5 Å². The standard InChI is InChI=1S/C24H28Cl2N2O/c1-15-8-17(18-10-28(11-18)23-21(25)4-3-5-22(23)26)9-19(16-6-7-16)20(15)12-27-13-24(2,29)14-27/h3-5,8-9,16,18,29H,6-7,10-14H2,1-2H3. The quantitative estimate of drug-likeness (QED) is 0.692. The van der Waals surface area contributed by atoms with E-state index in [1.807, 2.05) is 25.1 Å². The van der Waals surface area contributed by atoms with Crippen LogP contribution in [0.2, 0.25) is 10.0 Å². The number of likely N-dealkylation sites (tertiary alicyclic amines) is 1. The van der Waals surface area contributed by atoms with Crippen LogP contribution >= 0.6 is 23.2 Å². The first kappa shape index (κ1) is 19.7. The minimum Gasteiger partial charge on any atom is -0.388 e. The lowest BCUT2D eigenvalue weighted by molar-refractivity contribution is -0.0872. The molecule has 0 atom stereocenters. The Kier molecular flexibility index (Phi) is 4.86. The second kappa shape index (κ2) is 7.16. The zero-order valence-corrected chi connectivity index (χ0v) is 18.6. The summed E-state index contributed by atoms with van der Waals surface area (Å²) in [6, 6.07) is 10.6. The predicted molar refractivity (Wildman–Crippen MR) is 120 cm³/mol. The van der Waals surface area contributed by atoms with Crippen molar-refractivity contribution in [2.75, 3.05) is 31.1 Å². The van der Waals surface area contributed by atoms with Gasteiger partial charge in [-0.15, -0.1) is 0 Å². The Balaban J connectivity index is 1.34.